The van der Waals surface area contributed by atoms with Gasteiger partial charge in [-0.25, -0.2) is 0 Å². The van der Waals surface area contributed by atoms with E-state index in [0.717, 1.165) is 18.4 Å². The highest BCUT2D eigenvalue weighted by molar-refractivity contribution is 5.95. The zero-order valence-electron chi connectivity index (χ0n) is 18.9. The Morgan fingerprint density at radius 1 is 1.16 bits per heavy atom. The van der Waals surface area contributed by atoms with Crippen molar-refractivity contribution in [1.82, 2.24) is 0 Å². The number of carbonyl (C=O) groups excluding carboxylic acids is 4. The Kier molecular flexibility index (Phi) is 5.52. The average molecular weight is 431 g/mol. The van der Waals surface area contributed by atoms with Crippen LogP contribution < -0.4 is 0 Å². The van der Waals surface area contributed by atoms with Gasteiger partial charge in [0.2, 0.25) is 5.78 Å². The molecule has 0 saturated heterocycles. The molecule has 0 aliphatic heterocycles. The molecule has 0 spiro atoms. The molecule has 0 aromatic rings. The number of fused-ring (bicyclic) bond motifs is 5. The quantitative estimate of drug-likeness (QED) is 0.672. The van der Waals surface area contributed by atoms with Gasteiger partial charge in [-0.3, -0.25) is 19.2 Å². The molecular weight excluding hydrogens is 396 g/mol. The Morgan fingerprint density at radius 3 is 2.61 bits per heavy atom. The molecule has 31 heavy (non-hydrogen) atoms. The fraction of sp³-hybridized carbons (Fsp3) is 0.760. The van der Waals surface area contributed by atoms with E-state index in [1.54, 1.807) is 6.08 Å². The maximum absolute atomic E-state index is 13.6. The van der Waals surface area contributed by atoms with Crippen LogP contribution in [-0.4, -0.2) is 40.6 Å². The number of carbonyl (C=O) groups is 4. The van der Waals surface area contributed by atoms with Gasteiger partial charge in [-0.15, -0.1) is 0 Å². The molecule has 6 atom stereocenters. The number of ether oxygens (including phenoxy) is 1. The Labute approximate surface area is 183 Å². The van der Waals surface area contributed by atoms with Crippen molar-refractivity contribution in [2.45, 2.75) is 84.2 Å². The van der Waals surface area contributed by atoms with Crippen LogP contribution in [0.3, 0.4) is 0 Å². The van der Waals surface area contributed by atoms with Crippen LogP contribution in [0.4, 0.5) is 0 Å². The second-order valence-corrected chi connectivity index (χ2v) is 10.6. The summed E-state index contributed by atoms with van der Waals surface area (Å²) in [5.41, 5.74) is -1.68. The van der Waals surface area contributed by atoms with Crippen LogP contribution >= 0.6 is 0 Å². The van der Waals surface area contributed by atoms with Crippen molar-refractivity contribution in [3.05, 3.63) is 11.6 Å². The standard InChI is InChI=1S/C25H34O6/c1-4-5-21(29)31-14-20(28)25(30)11-9-18-17-7-6-15-12-16(26)8-10-23(15,2)22(17)19(27)13-24(18,25)3/h12,17-18,22,30H,4-11,13-14H2,1-3H3/t17-,18-,22+,23-,24-,25-/m0/s1. The van der Waals surface area contributed by atoms with Gasteiger partial charge in [-0.2, -0.15) is 0 Å². The number of ketones is 3. The molecule has 0 radical (unpaired) electrons. The third-order valence-electron chi connectivity index (χ3n) is 9.09. The molecule has 3 saturated carbocycles. The molecule has 4 rings (SSSR count). The lowest BCUT2D eigenvalue weighted by molar-refractivity contribution is -0.173. The number of allylic oxidation sites excluding steroid dienone is 1. The summed E-state index contributed by atoms with van der Waals surface area (Å²) in [6, 6.07) is 0. The van der Waals surface area contributed by atoms with Crippen molar-refractivity contribution in [3.63, 3.8) is 0 Å². The SMILES string of the molecule is CCCC(=O)OCC(=O)[C@@]1(O)CC[C@H]2[C@@H]3CCC4=CC(=O)CC[C@]4(C)[C@H]3C(=O)C[C@@]21C. The van der Waals surface area contributed by atoms with Crippen LogP contribution in [0.15, 0.2) is 11.6 Å². The number of hydrogen-bond acceptors (Lipinski definition) is 6. The van der Waals surface area contributed by atoms with Crippen LogP contribution in [0.1, 0.15) is 78.6 Å². The Hall–Kier alpha value is -1.82. The minimum absolute atomic E-state index is 0.0616. The highest BCUT2D eigenvalue weighted by Gasteiger charge is 2.68. The van der Waals surface area contributed by atoms with Gasteiger partial charge in [0.05, 0.1) is 0 Å². The summed E-state index contributed by atoms with van der Waals surface area (Å²) >= 11 is 0. The second kappa shape index (κ2) is 7.65. The smallest absolute Gasteiger partial charge is 0.306 e. The van der Waals surface area contributed by atoms with Crippen molar-refractivity contribution in [1.29, 1.82) is 0 Å². The maximum atomic E-state index is 13.6. The molecule has 6 heteroatoms. The fourth-order valence-corrected chi connectivity index (χ4v) is 7.39. The molecule has 0 bridgehead atoms. The number of esters is 1. The van der Waals surface area contributed by atoms with E-state index in [0.29, 0.717) is 32.1 Å². The molecule has 1 N–H and O–H groups in total. The van der Waals surface area contributed by atoms with Crippen LogP contribution in [-0.2, 0) is 23.9 Å². The van der Waals surface area contributed by atoms with Crippen LogP contribution in [0.25, 0.3) is 0 Å². The molecule has 0 amide bonds. The second-order valence-electron chi connectivity index (χ2n) is 10.6. The topological polar surface area (TPSA) is 97.7 Å². The van der Waals surface area contributed by atoms with E-state index >= 15 is 0 Å². The fourth-order valence-electron chi connectivity index (χ4n) is 7.39. The molecule has 0 heterocycles. The summed E-state index contributed by atoms with van der Waals surface area (Å²) in [5.74, 6) is -0.666. The Bertz CT molecular complexity index is 858. The average Bonchev–Trinajstić information content (AvgIpc) is 2.98. The predicted molar refractivity (Wildman–Crippen MR) is 113 cm³/mol. The van der Waals surface area contributed by atoms with Crippen LogP contribution in [0.5, 0.6) is 0 Å². The van der Waals surface area contributed by atoms with E-state index in [1.807, 2.05) is 13.8 Å². The highest BCUT2D eigenvalue weighted by atomic mass is 16.5. The summed E-state index contributed by atoms with van der Waals surface area (Å²) in [6.45, 7) is 5.42. The van der Waals surface area contributed by atoms with Crippen molar-refractivity contribution in [2.75, 3.05) is 6.61 Å². The maximum Gasteiger partial charge on any atom is 0.306 e. The normalized spacial score (nSPS) is 41.7. The zero-order valence-corrected chi connectivity index (χ0v) is 18.9. The molecule has 4 aliphatic carbocycles. The number of hydrogen-bond donors (Lipinski definition) is 1. The first-order chi connectivity index (χ1) is 14.6. The molecule has 0 aromatic heterocycles. The van der Waals surface area contributed by atoms with E-state index in [9.17, 15) is 24.3 Å². The summed E-state index contributed by atoms with van der Waals surface area (Å²) in [4.78, 5) is 50.3. The Morgan fingerprint density at radius 2 is 1.90 bits per heavy atom. The molecular formula is C25H34O6. The molecule has 170 valence electrons. The largest absolute Gasteiger partial charge is 0.458 e. The first kappa shape index (κ1) is 22.4. The summed E-state index contributed by atoms with van der Waals surface area (Å²) in [6.07, 6.45) is 6.55. The van der Waals surface area contributed by atoms with E-state index in [4.69, 9.17) is 4.74 Å². The molecule has 4 aliphatic rings. The third-order valence-corrected chi connectivity index (χ3v) is 9.09. The van der Waals surface area contributed by atoms with E-state index in [1.165, 1.54) is 0 Å². The number of Topliss-reactive ketones (excluding diaryl/α,β-unsaturated/α-hetero) is 2. The van der Waals surface area contributed by atoms with Gasteiger partial charge in [0.1, 0.15) is 11.4 Å². The predicted octanol–water partition coefficient (Wildman–Crippen LogP) is 3.34. The summed E-state index contributed by atoms with van der Waals surface area (Å²) in [5, 5.41) is 11.5. The minimum Gasteiger partial charge on any atom is -0.458 e. The first-order valence-electron chi connectivity index (χ1n) is 11.7. The molecule has 0 unspecified atom stereocenters. The van der Waals surface area contributed by atoms with Crippen LogP contribution in [0.2, 0.25) is 0 Å². The lowest BCUT2D eigenvalue weighted by Crippen LogP contribution is -2.61. The van der Waals surface area contributed by atoms with Crippen molar-refractivity contribution in [2.24, 2.45) is 28.6 Å². The van der Waals surface area contributed by atoms with E-state index < -0.39 is 29.4 Å². The van der Waals surface area contributed by atoms with Gasteiger partial charge in [0.25, 0.3) is 0 Å². The van der Waals surface area contributed by atoms with Gasteiger partial charge in [-0.05, 0) is 61.9 Å². The van der Waals surface area contributed by atoms with Crippen LogP contribution in [0, 0.1) is 28.6 Å². The van der Waals surface area contributed by atoms with Gasteiger partial charge < -0.3 is 9.84 Å². The summed E-state index contributed by atoms with van der Waals surface area (Å²) < 4.78 is 5.10. The van der Waals surface area contributed by atoms with Crippen molar-refractivity contribution >= 4 is 23.3 Å². The van der Waals surface area contributed by atoms with Gasteiger partial charge >= 0.3 is 5.97 Å². The highest BCUT2D eigenvalue weighted by Crippen LogP contribution is 2.66. The van der Waals surface area contributed by atoms with Crippen molar-refractivity contribution in [3.8, 4) is 0 Å². The lowest BCUT2D eigenvalue weighted by atomic mass is 9.46. The van der Waals surface area contributed by atoms with Gasteiger partial charge in [0.15, 0.2) is 12.4 Å². The van der Waals surface area contributed by atoms with Crippen molar-refractivity contribution < 1.29 is 29.0 Å². The van der Waals surface area contributed by atoms with E-state index in [2.05, 4.69) is 6.92 Å². The minimum atomic E-state index is -1.65. The van der Waals surface area contributed by atoms with E-state index in [-0.39, 0.29) is 47.6 Å². The number of rotatable bonds is 5. The number of aliphatic hydroxyl groups is 1. The first-order valence-corrected chi connectivity index (χ1v) is 11.7. The van der Waals surface area contributed by atoms with Gasteiger partial charge in [-0.1, -0.05) is 26.3 Å². The molecule has 3 fully saturated rings. The zero-order chi connectivity index (χ0) is 22.6. The lowest BCUT2D eigenvalue weighted by Gasteiger charge is -2.57. The monoisotopic (exact) mass is 430 g/mol. The van der Waals surface area contributed by atoms with Gasteiger partial charge in [0, 0.05) is 30.6 Å². The third kappa shape index (κ3) is 3.24. The molecule has 6 nitrogen and oxygen atoms in total. The Balaban J connectivity index is 1.60. The summed E-state index contributed by atoms with van der Waals surface area (Å²) in [7, 11) is 0. The molecule has 0 aromatic carbocycles.